The minimum absolute atomic E-state index is 0.0223. The molecule has 1 heterocycles. The predicted molar refractivity (Wildman–Crippen MR) is 53.7 cm³/mol. The summed E-state index contributed by atoms with van der Waals surface area (Å²) >= 11 is 1.67. The maximum absolute atomic E-state index is 9.50. The number of thioether (sulfide) groups is 1. The molecule has 0 radical (unpaired) electrons. The molecule has 3 N–H and O–H groups in total. The van der Waals surface area contributed by atoms with Crippen molar-refractivity contribution in [1.29, 1.82) is 5.26 Å². The Morgan fingerprint density at radius 3 is 2.92 bits per heavy atom. The van der Waals surface area contributed by atoms with Crippen molar-refractivity contribution in [2.45, 2.75) is 12.5 Å². The molecule has 0 aromatic heterocycles. The molecule has 0 amide bonds. The maximum Gasteiger partial charge on any atom is 0.140 e. The highest BCUT2D eigenvalue weighted by Crippen LogP contribution is 2.21. The van der Waals surface area contributed by atoms with Crippen LogP contribution < -0.4 is 5.73 Å². The number of nitrogens with zero attached hydrogens (tertiary/aromatic N) is 2. The van der Waals surface area contributed by atoms with Crippen LogP contribution in [0, 0.1) is 11.3 Å². The lowest BCUT2D eigenvalue weighted by atomic mass is 10.1. The summed E-state index contributed by atoms with van der Waals surface area (Å²) in [6, 6.07) is 1.53. The smallest absolute Gasteiger partial charge is 0.140 e. The highest BCUT2D eigenvalue weighted by Gasteiger charge is 2.25. The molecule has 1 aliphatic rings. The van der Waals surface area contributed by atoms with Crippen LogP contribution in [0.4, 0.5) is 0 Å². The zero-order chi connectivity index (χ0) is 9.84. The van der Waals surface area contributed by atoms with Gasteiger partial charge in [0.1, 0.15) is 29.3 Å². The maximum atomic E-state index is 9.50. The van der Waals surface area contributed by atoms with Crippen LogP contribution in [0.1, 0.15) is 6.42 Å². The van der Waals surface area contributed by atoms with Gasteiger partial charge in [0.25, 0.3) is 0 Å². The van der Waals surface area contributed by atoms with Crippen LogP contribution in [0.5, 0.6) is 0 Å². The Morgan fingerprint density at radius 1 is 1.77 bits per heavy atom. The summed E-state index contributed by atoms with van der Waals surface area (Å²) in [6.07, 6.45) is 2.70. The van der Waals surface area contributed by atoms with E-state index >= 15 is 0 Å². The highest BCUT2D eigenvalue weighted by molar-refractivity contribution is 7.98. The number of nitrogens with two attached hydrogens (primary N) is 1. The minimum Gasteiger partial charge on any atom is -0.508 e. The number of amidine groups is 1. The Bertz CT molecular complexity index is 303. The van der Waals surface area contributed by atoms with E-state index in [1.165, 1.54) is 0 Å². The Balaban J connectivity index is 2.73. The van der Waals surface area contributed by atoms with Crippen molar-refractivity contribution in [2.75, 3.05) is 12.0 Å². The first-order chi connectivity index (χ1) is 6.20. The number of hydrogen-bond donors (Lipinski definition) is 2. The van der Waals surface area contributed by atoms with E-state index in [0.717, 1.165) is 12.2 Å². The Morgan fingerprint density at radius 2 is 2.46 bits per heavy atom. The molecule has 0 aromatic carbocycles. The number of nitriles is 1. The van der Waals surface area contributed by atoms with Gasteiger partial charge in [-0.15, -0.1) is 0 Å². The molecule has 4 nitrogen and oxygen atoms in total. The summed E-state index contributed by atoms with van der Waals surface area (Å²) < 4.78 is 0. The van der Waals surface area contributed by atoms with Crippen LogP contribution in [-0.2, 0) is 0 Å². The van der Waals surface area contributed by atoms with E-state index in [-0.39, 0.29) is 23.2 Å². The molecule has 0 aliphatic carbocycles. The number of rotatable bonds is 3. The molecular formula is C8H11N3OS. The van der Waals surface area contributed by atoms with E-state index < -0.39 is 0 Å². The van der Waals surface area contributed by atoms with Crippen LogP contribution >= 0.6 is 11.8 Å². The third-order valence-electron chi connectivity index (χ3n) is 1.83. The average Bonchev–Trinajstić information content (AvgIpc) is 2.38. The highest BCUT2D eigenvalue weighted by atomic mass is 32.2. The first-order valence-electron chi connectivity index (χ1n) is 3.86. The third kappa shape index (κ3) is 1.95. The van der Waals surface area contributed by atoms with Gasteiger partial charge in [-0.1, -0.05) is 0 Å². The van der Waals surface area contributed by atoms with Crippen molar-refractivity contribution in [3.05, 3.63) is 11.3 Å². The molecule has 0 bridgehead atoms. The molecule has 0 unspecified atom stereocenters. The molecule has 1 atom stereocenters. The van der Waals surface area contributed by atoms with E-state index in [4.69, 9.17) is 11.0 Å². The second-order valence-electron chi connectivity index (χ2n) is 2.68. The number of hydrogen-bond acceptors (Lipinski definition) is 5. The van der Waals surface area contributed by atoms with E-state index in [9.17, 15) is 5.11 Å². The van der Waals surface area contributed by atoms with Crippen molar-refractivity contribution in [3.63, 3.8) is 0 Å². The van der Waals surface area contributed by atoms with E-state index in [1.807, 2.05) is 12.3 Å². The van der Waals surface area contributed by atoms with Gasteiger partial charge in [0.15, 0.2) is 0 Å². The van der Waals surface area contributed by atoms with Crippen molar-refractivity contribution in [2.24, 2.45) is 10.7 Å². The molecule has 13 heavy (non-hydrogen) atoms. The van der Waals surface area contributed by atoms with Gasteiger partial charge in [-0.25, -0.2) is 0 Å². The van der Waals surface area contributed by atoms with Gasteiger partial charge in [0.05, 0.1) is 0 Å². The van der Waals surface area contributed by atoms with E-state index in [0.29, 0.717) is 0 Å². The molecule has 5 heteroatoms. The summed E-state index contributed by atoms with van der Waals surface area (Å²) in [6.45, 7) is 0. The SMILES string of the molecule is CSCC[C@@H]1N=C(N)C(C#N)=C1O. The van der Waals surface area contributed by atoms with Crippen molar-refractivity contribution < 1.29 is 5.11 Å². The quantitative estimate of drug-likeness (QED) is 0.701. The first kappa shape index (κ1) is 9.93. The zero-order valence-electron chi connectivity index (χ0n) is 7.32. The van der Waals surface area contributed by atoms with Gasteiger partial charge in [-0.3, -0.25) is 4.99 Å². The summed E-state index contributed by atoms with van der Waals surface area (Å²) in [7, 11) is 0. The van der Waals surface area contributed by atoms with Gasteiger partial charge in [0.2, 0.25) is 0 Å². The molecule has 0 aromatic rings. The monoisotopic (exact) mass is 197 g/mol. The molecule has 0 saturated carbocycles. The van der Waals surface area contributed by atoms with E-state index in [2.05, 4.69) is 4.99 Å². The van der Waals surface area contributed by atoms with Crippen LogP contribution in [-0.4, -0.2) is 29.0 Å². The molecule has 1 aliphatic heterocycles. The Hall–Kier alpha value is -1.15. The van der Waals surface area contributed by atoms with Gasteiger partial charge >= 0.3 is 0 Å². The van der Waals surface area contributed by atoms with Crippen molar-refractivity contribution in [3.8, 4) is 6.07 Å². The van der Waals surface area contributed by atoms with Crippen molar-refractivity contribution >= 4 is 17.6 Å². The summed E-state index contributed by atoms with van der Waals surface area (Å²) in [5.41, 5.74) is 5.58. The summed E-state index contributed by atoms with van der Waals surface area (Å²) in [4.78, 5) is 3.99. The lowest BCUT2D eigenvalue weighted by Gasteiger charge is -2.05. The van der Waals surface area contributed by atoms with Crippen LogP contribution in [0.25, 0.3) is 0 Å². The van der Waals surface area contributed by atoms with Crippen LogP contribution in [0.15, 0.2) is 16.3 Å². The number of aliphatic imine (C=N–C) groups is 1. The lowest BCUT2D eigenvalue weighted by Crippen LogP contribution is -2.11. The second-order valence-corrected chi connectivity index (χ2v) is 3.67. The standard InChI is InChI=1S/C8H11N3OS/c1-13-3-2-6-7(12)5(4-9)8(10)11-6/h6,12H,2-3H2,1H3,(H2,10,11)/t6-/m0/s1. The second kappa shape index (κ2) is 4.19. The minimum atomic E-state index is -0.304. The summed E-state index contributed by atoms with van der Waals surface area (Å²) in [5, 5.41) is 18.1. The fraction of sp³-hybridized carbons (Fsp3) is 0.500. The van der Waals surface area contributed by atoms with Gasteiger partial charge in [-0.2, -0.15) is 17.0 Å². The zero-order valence-corrected chi connectivity index (χ0v) is 8.14. The third-order valence-corrected chi connectivity index (χ3v) is 2.47. The number of aliphatic hydroxyl groups is 1. The largest absolute Gasteiger partial charge is 0.508 e. The number of aliphatic hydroxyl groups excluding tert-OH is 1. The topological polar surface area (TPSA) is 82.4 Å². The van der Waals surface area contributed by atoms with E-state index in [1.54, 1.807) is 11.8 Å². The molecule has 1 rings (SSSR count). The van der Waals surface area contributed by atoms with Crippen LogP contribution in [0.3, 0.4) is 0 Å². The van der Waals surface area contributed by atoms with Gasteiger partial charge in [0, 0.05) is 0 Å². The Labute approximate surface area is 81.1 Å². The molecular weight excluding hydrogens is 186 g/mol. The predicted octanol–water partition coefficient (Wildman–Crippen LogP) is 0.815. The Kier molecular flexibility index (Phi) is 3.20. The normalized spacial score (nSPS) is 21.5. The lowest BCUT2D eigenvalue weighted by molar-refractivity contribution is 0.368. The average molecular weight is 197 g/mol. The molecule has 0 spiro atoms. The fourth-order valence-corrected chi connectivity index (χ4v) is 1.60. The molecule has 0 fully saturated rings. The molecule has 0 saturated heterocycles. The molecule has 70 valence electrons. The fourth-order valence-electron chi connectivity index (χ4n) is 1.14. The van der Waals surface area contributed by atoms with Gasteiger partial charge < -0.3 is 10.8 Å². The van der Waals surface area contributed by atoms with Gasteiger partial charge in [-0.05, 0) is 18.4 Å². The van der Waals surface area contributed by atoms with Crippen molar-refractivity contribution in [1.82, 2.24) is 0 Å². The first-order valence-corrected chi connectivity index (χ1v) is 5.26. The summed E-state index contributed by atoms with van der Waals surface area (Å²) in [5.74, 6) is 1.07. The van der Waals surface area contributed by atoms with Crippen LogP contribution in [0.2, 0.25) is 0 Å².